The minimum atomic E-state index is -0.111. The van der Waals surface area contributed by atoms with Gasteiger partial charge in [-0.15, -0.1) is 10.2 Å². The van der Waals surface area contributed by atoms with Crippen molar-refractivity contribution in [3.05, 3.63) is 65.1 Å². The maximum absolute atomic E-state index is 12.4. The summed E-state index contributed by atoms with van der Waals surface area (Å²) < 4.78 is 1.91. The quantitative estimate of drug-likeness (QED) is 0.643. The predicted molar refractivity (Wildman–Crippen MR) is 106 cm³/mol. The lowest BCUT2D eigenvalue weighted by Crippen LogP contribution is -2.26. The number of nitrogens with one attached hydrogen (secondary N) is 1. The molecule has 0 atom stereocenters. The van der Waals surface area contributed by atoms with E-state index in [1.54, 1.807) is 0 Å². The Kier molecular flexibility index (Phi) is 5.46. The summed E-state index contributed by atoms with van der Waals surface area (Å²) in [5, 5.41) is 11.1. The molecule has 2 aromatic heterocycles. The van der Waals surface area contributed by atoms with E-state index in [4.69, 9.17) is 0 Å². The Balaban J connectivity index is 1.24. The summed E-state index contributed by atoms with van der Waals surface area (Å²) in [7, 11) is 0. The molecule has 2 heterocycles. The van der Waals surface area contributed by atoms with Gasteiger partial charge in [-0.3, -0.25) is 14.0 Å². The lowest BCUT2D eigenvalue weighted by Gasteiger charge is -2.16. The van der Waals surface area contributed by atoms with Gasteiger partial charge < -0.3 is 5.32 Å². The van der Waals surface area contributed by atoms with Crippen molar-refractivity contribution in [3.63, 3.8) is 0 Å². The standard InChI is InChI=1S/C22H24N4O2/c27-19(18-9-8-16-5-1-2-6-17(16)15-18)10-11-22(28)23-13-12-21-25-24-20-7-3-4-14-26(20)21/h3-4,7-9,14-15H,1-2,5-6,10-13H2,(H,23,28). The molecule has 0 spiro atoms. The second-order valence-electron chi connectivity index (χ2n) is 7.26. The zero-order valence-corrected chi connectivity index (χ0v) is 15.9. The SMILES string of the molecule is O=C(CCC(=O)c1ccc2c(c1)CCCC2)NCCc1nnc2ccccn12. The number of hydrogen-bond donors (Lipinski definition) is 1. The molecule has 1 amide bonds. The van der Waals surface area contributed by atoms with Gasteiger partial charge in [-0.25, -0.2) is 0 Å². The number of nitrogens with zero attached hydrogens (tertiary/aromatic N) is 3. The summed E-state index contributed by atoms with van der Waals surface area (Å²) in [4.78, 5) is 24.5. The number of fused-ring (bicyclic) bond motifs is 2. The molecule has 1 aliphatic rings. The van der Waals surface area contributed by atoms with Gasteiger partial charge in [0.1, 0.15) is 5.82 Å². The topological polar surface area (TPSA) is 76.4 Å². The number of rotatable bonds is 7. The van der Waals surface area contributed by atoms with E-state index < -0.39 is 0 Å². The number of aromatic nitrogens is 3. The highest BCUT2D eigenvalue weighted by molar-refractivity contribution is 5.98. The Hall–Kier alpha value is -3.02. The second kappa shape index (κ2) is 8.33. The second-order valence-corrected chi connectivity index (χ2v) is 7.26. The number of carbonyl (C=O) groups is 2. The zero-order chi connectivity index (χ0) is 19.3. The van der Waals surface area contributed by atoms with Crippen molar-refractivity contribution in [1.29, 1.82) is 0 Å². The van der Waals surface area contributed by atoms with Crippen LogP contribution in [0, 0.1) is 0 Å². The van der Waals surface area contributed by atoms with Crippen LogP contribution in [-0.4, -0.2) is 32.8 Å². The van der Waals surface area contributed by atoms with Crippen LogP contribution in [-0.2, 0) is 24.1 Å². The van der Waals surface area contributed by atoms with Gasteiger partial charge in [0.25, 0.3) is 0 Å². The average molecular weight is 376 g/mol. The fourth-order valence-corrected chi connectivity index (χ4v) is 3.74. The van der Waals surface area contributed by atoms with Crippen molar-refractivity contribution in [2.45, 2.75) is 44.9 Å². The first-order valence-corrected chi connectivity index (χ1v) is 9.91. The molecular formula is C22H24N4O2. The Morgan fingerprint density at radius 3 is 2.75 bits per heavy atom. The Bertz CT molecular complexity index is 1010. The molecule has 0 bridgehead atoms. The van der Waals surface area contributed by atoms with E-state index in [1.165, 1.54) is 24.0 Å². The highest BCUT2D eigenvalue weighted by atomic mass is 16.2. The molecule has 1 aromatic carbocycles. The minimum Gasteiger partial charge on any atom is -0.356 e. The van der Waals surface area contributed by atoms with Gasteiger partial charge in [0.15, 0.2) is 11.4 Å². The van der Waals surface area contributed by atoms with Crippen molar-refractivity contribution in [3.8, 4) is 0 Å². The van der Waals surface area contributed by atoms with Crippen LogP contribution in [0.2, 0.25) is 0 Å². The highest BCUT2D eigenvalue weighted by Crippen LogP contribution is 2.22. The zero-order valence-electron chi connectivity index (χ0n) is 15.9. The number of benzene rings is 1. The van der Waals surface area contributed by atoms with E-state index >= 15 is 0 Å². The molecule has 28 heavy (non-hydrogen) atoms. The molecule has 0 unspecified atom stereocenters. The molecule has 0 saturated carbocycles. The summed E-state index contributed by atoms with van der Waals surface area (Å²) >= 11 is 0. The molecule has 1 aliphatic carbocycles. The normalized spacial score (nSPS) is 13.3. The smallest absolute Gasteiger partial charge is 0.220 e. The van der Waals surface area contributed by atoms with Crippen molar-refractivity contribution in [2.24, 2.45) is 0 Å². The summed E-state index contributed by atoms with van der Waals surface area (Å²) in [5.41, 5.74) is 4.17. The number of amides is 1. The van der Waals surface area contributed by atoms with Crippen molar-refractivity contribution in [2.75, 3.05) is 6.54 Å². The van der Waals surface area contributed by atoms with Crippen LogP contribution in [0.15, 0.2) is 42.6 Å². The molecule has 0 fully saturated rings. The molecule has 3 aromatic rings. The van der Waals surface area contributed by atoms with Gasteiger partial charge in [0.05, 0.1) is 0 Å². The Morgan fingerprint density at radius 1 is 1.00 bits per heavy atom. The Morgan fingerprint density at radius 2 is 1.86 bits per heavy atom. The molecule has 4 rings (SSSR count). The van der Waals surface area contributed by atoms with Gasteiger partial charge in [-0.2, -0.15) is 0 Å². The van der Waals surface area contributed by atoms with Gasteiger partial charge in [0.2, 0.25) is 5.91 Å². The van der Waals surface area contributed by atoms with Gasteiger partial charge in [-0.05, 0) is 55.0 Å². The van der Waals surface area contributed by atoms with E-state index in [1.807, 2.05) is 40.9 Å². The van der Waals surface area contributed by atoms with E-state index in [2.05, 4.69) is 21.6 Å². The number of pyridine rings is 1. The van der Waals surface area contributed by atoms with Gasteiger partial charge in [0, 0.05) is 37.6 Å². The van der Waals surface area contributed by atoms with Crippen LogP contribution < -0.4 is 5.32 Å². The summed E-state index contributed by atoms with van der Waals surface area (Å²) in [6, 6.07) is 11.7. The van der Waals surface area contributed by atoms with E-state index in [9.17, 15) is 9.59 Å². The number of aryl methyl sites for hydroxylation is 2. The van der Waals surface area contributed by atoms with Crippen LogP contribution in [0.4, 0.5) is 0 Å². The first-order chi connectivity index (χ1) is 13.7. The third kappa shape index (κ3) is 4.11. The third-order valence-corrected chi connectivity index (χ3v) is 5.30. The molecule has 0 radical (unpaired) electrons. The molecule has 1 N–H and O–H groups in total. The number of hydrogen-bond acceptors (Lipinski definition) is 4. The lowest BCUT2D eigenvalue weighted by atomic mass is 9.89. The van der Waals surface area contributed by atoms with Crippen molar-refractivity contribution >= 4 is 17.3 Å². The third-order valence-electron chi connectivity index (χ3n) is 5.30. The summed E-state index contributed by atoms with van der Waals surface area (Å²) in [6.45, 7) is 0.474. The van der Waals surface area contributed by atoms with Gasteiger partial charge >= 0.3 is 0 Å². The molecular weight excluding hydrogens is 352 g/mol. The van der Waals surface area contributed by atoms with Crippen molar-refractivity contribution < 1.29 is 9.59 Å². The largest absolute Gasteiger partial charge is 0.356 e. The first-order valence-electron chi connectivity index (χ1n) is 9.91. The predicted octanol–water partition coefficient (Wildman–Crippen LogP) is 2.93. The Labute approximate surface area is 164 Å². The lowest BCUT2D eigenvalue weighted by molar-refractivity contribution is -0.121. The fraction of sp³-hybridized carbons (Fsp3) is 0.364. The van der Waals surface area contributed by atoms with E-state index in [-0.39, 0.29) is 24.5 Å². The maximum atomic E-state index is 12.4. The average Bonchev–Trinajstić information content (AvgIpc) is 3.15. The summed E-state index contributed by atoms with van der Waals surface area (Å²) in [5.74, 6) is 0.730. The molecule has 144 valence electrons. The van der Waals surface area contributed by atoms with Crippen LogP contribution >= 0.6 is 0 Å². The van der Waals surface area contributed by atoms with E-state index in [0.29, 0.717) is 13.0 Å². The van der Waals surface area contributed by atoms with E-state index in [0.717, 1.165) is 29.9 Å². The maximum Gasteiger partial charge on any atom is 0.220 e. The number of ketones is 1. The highest BCUT2D eigenvalue weighted by Gasteiger charge is 2.14. The molecule has 0 saturated heterocycles. The molecule has 6 nitrogen and oxygen atoms in total. The van der Waals surface area contributed by atoms with Crippen LogP contribution in [0.5, 0.6) is 0 Å². The van der Waals surface area contributed by atoms with Crippen LogP contribution in [0.3, 0.4) is 0 Å². The number of carbonyl (C=O) groups excluding carboxylic acids is 2. The molecule has 0 aliphatic heterocycles. The number of Topliss-reactive ketones (excluding diaryl/α,β-unsaturated/α-hetero) is 1. The summed E-state index contributed by atoms with van der Waals surface area (Å²) in [6.07, 6.45) is 7.51. The first kappa shape index (κ1) is 18.3. The van der Waals surface area contributed by atoms with Crippen molar-refractivity contribution in [1.82, 2.24) is 19.9 Å². The minimum absolute atomic E-state index is 0.0342. The van der Waals surface area contributed by atoms with Gasteiger partial charge in [-0.1, -0.05) is 18.2 Å². The fourth-order valence-electron chi connectivity index (χ4n) is 3.74. The van der Waals surface area contributed by atoms with Crippen LogP contribution in [0.1, 0.15) is 53.0 Å². The molecule has 6 heteroatoms. The monoisotopic (exact) mass is 376 g/mol. The van der Waals surface area contributed by atoms with Crippen LogP contribution in [0.25, 0.3) is 5.65 Å².